The number of rotatable bonds is 12. The molecule has 0 rings (SSSR count). The monoisotopic (exact) mass is 467 g/mol. The first kappa shape index (κ1) is 29.7. The van der Waals surface area contributed by atoms with Gasteiger partial charge in [0.2, 0.25) is 11.8 Å². The fourth-order valence-corrected chi connectivity index (χ4v) is 3.53. The van der Waals surface area contributed by atoms with Crippen LogP contribution in [0.3, 0.4) is 0 Å². The molecule has 11 heteroatoms. The van der Waals surface area contributed by atoms with Crippen molar-refractivity contribution in [1.82, 2.24) is 16.0 Å². The van der Waals surface area contributed by atoms with Gasteiger partial charge in [0, 0.05) is 0 Å². The standard InChI is InChI=1S/C21H36F3N3O5/c1-8-18(9-2,15(29)26-20(12-5,13-6)17(31)32-7)25-14(28)19(10-3,11-4)27-16(30)21(22,23)24/h8-13H2,1-7H3,(H,25,28)(H,26,29)(H,27,30). The first-order chi connectivity index (χ1) is 14.7. The van der Waals surface area contributed by atoms with Gasteiger partial charge in [0.15, 0.2) is 0 Å². The fourth-order valence-electron chi connectivity index (χ4n) is 3.53. The van der Waals surface area contributed by atoms with Crippen LogP contribution in [0.4, 0.5) is 13.2 Å². The molecular formula is C21H36F3N3O5. The lowest BCUT2D eigenvalue weighted by molar-refractivity contribution is -0.176. The van der Waals surface area contributed by atoms with Crippen LogP contribution in [0, 0.1) is 0 Å². The van der Waals surface area contributed by atoms with E-state index < -0.39 is 46.5 Å². The highest BCUT2D eigenvalue weighted by molar-refractivity contribution is 5.99. The molecule has 0 aromatic rings. The number of carbonyl (C=O) groups excluding carboxylic acids is 4. The van der Waals surface area contributed by atoms with Gasteiger partial charge < -0.3 is 20.7 Å². The Labute approximate surface area is 187 Å². The van der Waals surface area contributed by atoms with Gasteiger partial charge in [-0.1, -0.05) is 41.5 Å². The first-order valence-electron chi connectivity index (χ1n) is 10.9. The van der Waals surface area contributed by atoms with E-state index in [-0.39, 0.29) is 38.5 Å². The molecule has 3 amide bonds. The van der Waals surface area contributed by atoms with Gasteiger partial charge in [-0.3, -0.25) is 14.4 Å². The van der Waals surface area contributed by atoms with Crippen molar-refractivity contribution in [3.05, 3.63) is 0 Å². The van der Waals surface area contributed by atoms with Gasteiger partial charge in [-0.25, -0.2) is 4.79 Å². The number of ether oxygens (including phenoxy) is 1. The molecule has 0 saturated heterocycles. The molecule has 0 atom stereocenters. The van der Waals surface area contributed by atoms with Crippen molar-refractivity contribution in [3.8, 4) is 0 Å². The van der Waals surface area contributed by atoms with Gasteiger partial charge in [0.25, 0.3) is 0 Å². The largest absolute Gasteiger partial charge is 0.471 e. The number of amides is 3. The second-order valence-corrected chi connectivity index (χ2v) is 7.72. The molecule has 32 heavy (non-hydrogen) atoms. The summed E-state index contributed by atoms with van der Waals surface area (Å²) in [7, 11) is 1.20. The van der Waals surface area contributed by atoms with Gasteiger partial charge in [-0.2, -0.15) is 13.2 Å². The van der Waals surface area contributed by atoms with Crippen LogP contribution in [-0.2, 0) is 23.9 Å². The third-order valence-corrected chi connectivity index (χ3v) is 6.38. The van der Waals surface area contributed by atoms with Crippen LogP contribution in [-0.4, -0.2) is 53.6 Å². The molecule has 0 aliphatic carbocycles. The van der Waals surface area contributed by atoms with Crippen LogP contribution >= 0.6 is 0 Å². The average Bonchev–Trinajstić information content (AvgIpc) is 2.77. The lowest BCUT2D eigenvalue weighted by atomic mass is 9.84. The van der Waals surface area contributed by atoms with E-state index in [4.69, 9.17) is 4.74 Å². The first-order valence-corrected chi connectivity index (χ1v) is 10.9. The van der Waals surface area contributed by atoms with Crippen molar-refractivity contribution in [2.75, 3.05) is 7.11 Å². The molecule has 0 unspecified atom stereocenters. The zero-order chi connectivity index (χ0) is 25.4. The molecule has 0 bridgehead atoms. The Morgan fingerprint density at radius 3 is 1.12 bits per heavy atom. The van der Waals surface area contributed by atoms with Crippen LogP contribution in [0.5, 0.6) is 0 Å². The molecule has 0 aromatic heterocycles. The van der Waals surface area contributed by atoms with Gasteiger partial charge >= 0.3 is 18.1 Å². The van der Waals surface area contributed by atoms with E-state index in [0.29, 0.717) is 0 Å². The summed E-state index contributed by atoms with van der Waals surface area (Å²) in [6.45, 7) is 9.60. The lowest BCUT2D eigenvalue weighted by Crippen LogP contribution is -2.69. The minimum Gasteiger partial charge on any atom is -0.467 e. The minimum atomic E-state index is -5.16. The smallest absolute Gasteiger partial charge is 0.467 e. The number of hydrogen-bond acceptors (Lipinski definition) is 5. The maximum Gasteiger partial charge on any atom is 0.471 e. The van der Waals surface area contributed by atoms with Gasteiger partial charge in [-0.15, -0.1) is 0 Å². The Bertz CT molecular complexity index is 683. The van der Waals surface area contributed by atoms with Crippen LogP contribution in [0.1, 0.15) is 80.1 Å². The van der Waals surface area contributed by atoms with Crippen molar-refractivity contribution in [2.45, 2.75) is 103 Å². The Kier molecular flexibility index (Phi) is 10.7. The maximum absolute atomic E-state index is 13.3. The van der Waals surface area contributed by atoms with Crippen molar-refractivity contribution in [1.29, 1.82) is 0 Å². The van der Waals surface area contributed by atoms with E-state index in [0.717, 1.165) is 0 Å². The van der Waals surface area contributed by atoms with Crippen molar-refractivity contribution >= 4 is 23.7 Å². The molecule has 0 aliphatic heterocycles. The van der Waals surface area contributed by atoms with E-state index in [1.807, 2.05) is 0 Å². The molecule has 0 heterocycles. The molecule has 3 N–H and O–H groups in total. The summed E-state index contributed by atoms with van der Waals surface area (Å²) in [5, 5.41) is 7.05. The summed E-state index contributed by atoms with van der Waals surface area (Å²) in [5.41, 5.74) is -4.69. The average molecular weight is 468 g/mol. The topological polar surface area (TPSA) is 114 Å². The van der Waals surface area contributed by atoms with Crippen molar-refractivity contribution in [2.24, 2.45) is 0 Å². The lowest BCUT2D eigenvalue weighted by Gasteiger charge is -2.40. The number of esters is 1. The minimum absolute atomic E-state index is 0.0997. The zero-order valence-corrected chi connectivity index (χ0v) is 19.9. The third-order valence-electron chi connectivity index (χ3n) is 6.38. The molecule has 0 fully saturated rings. The van der Waals surface area contributed by atoms with E-state index in [1.54, 1.807) is 33.0 Å². The molecule has 186 valence electrons. The summed E-state index contributed by atoms with van der Waals surface area (Å²) in [5.74, 6) is -4.44. The predicted octanol–water partition coefficient (Wildman–Crippen LogP) is 2.75. The van der Waals surface area contributed by atoms with Crippen LogP contribution in [0.2, 0.25) is 0 Å². The van der Waals surface area contributed by atoms with Gasteiger partial charge in [-0.05, 0) is 38.5 Å². The number of carbonyl (C=O) groups is 4. The summed E-state index contributed by atoms with van der Waals surface area (Å²) in [6, 6.07) is 0. The quantitative estimate of drug-likeness (QED) is 0.382. The van der Waals surface area contributed by atoms with E-state index in [1.165, 1.54) is 21.0 Å². The SMILES string of the molecule is CCC(CC)(NC(=O)C(F)(F)F)C(=O)NC(CC)(CC)C(=O)NC(CC)(CC)C(=O)OC. The number of halogens is 3. The fraction of sp³-hybridized carbons (Fsp3) is 0.810. The summed E-state index contributed by atoms with van der Waals surface area (Å²) < 4.78 is 43.3. The Balaban J connectivity index is 6.09. The molecule has 0 aliphatic rings. The van der Waals surface area contributed by atoms with Crippen molar-refractivity contribution in [3.63, 3.8) is 0 Å². The molecular weight excluding hydrogens is 431 g/mol. The summed E-state index contributed by atoms with van der Waals surface area (Å²) in [4.78, 5) is 50.4. The highest BCUT2D eigenvalue weighted by atomic mass is 19.4. The second-order valence-electron chi connectivity index (χ2n) is 7.72. The number of hydrogen-bond donors (Lipinski definition) is 3. The van der Waals surface area contributed by atoms with E-state index >= 15 is 0 Å². The second kappa shape index (κ2) is 11.5. The number of methoxy groups -OCH3 is 1. The summed E-state index contributed by atoms with van der Waals surface area (Å²) >= 11 is 0. The number of alkyl halides is 3. The van der Waals surface area contributed by atoms with Crippen LogP contribution in [0.25, 0.3) is 0 Å². The predicted molar refractivity (Wildman–Crippen MR) is 112 cm³/mol. The molecule has 0 radical (unpaired) electrons. The Morgan fingerprint density at radius 1 is 0.594 bits per heavy atom. The number of nitrogens with one attached hydrogen (secondary N) is 3. The summed E-state index contributed by atoms with van der Waals surface area (Å²) in [6.07, 6.45) is -4.76. The normalized spacial score (nSPS) is 12.7. The highest BCUT2D eigenvalue weighted by Crippen LogP contribution is 2.26. The van der Waals surface area contributed by atoms with E-state index in [9.17, 15) is 32.3 Å². The third kappa shape index (κ3) is 6.13. The van der Waals surface area contributed by atoms with Crippen LogP contribution in [0.15, 0.2) is 0 Å². The van der Waals surface area contributed by atoms with Gasteiger partial charge in [0.1, 0.15) is 16.6 Å². The van der Waals surface area contributed by atoms with Crippen LogP contribution < -0.4 is 16.0 Å². The molecule has 0 spiro atoms. The van der Waals surface area contributed by atoms with Crippen molar-refractivity contribution < 1.29 is 37.1 Å². The maximum atomic E-state index is 13.3. The van der Waals surface area contributed by atoms with E-state index in [2.05, 4.69) is 10.6 Å². The molecule has 0 aromatic carbocycles. The molecule has 0 saturated carbocycles. The Morgan fingerprint density at radius 2 is 0.875 bits per heavy atom. The zero-order valence-electron chi connectivity index (χ0n) is 19.9. The highest BCUT2D eigenvalue weighted by Gasteiger charge is 2.49. The molecule has 8 nitrogen and oxygen atoms in total. The Hall–Kier alpha value is -2.33. The van der Waals surface area contributed by atoms with Gasteiger partial charge in [0.05, 0.1) is 7.11 Å².